The highest BCUT2D eigenvalue weighted by Gasteiger charge is 2.30. The van der Waals surface area contributed by atoms with Crippen LogP contribution < -0.4 is 21.2 Å². The van der Waals surface area contributed by atoms with Crippen LogP contribution in [-0.2, 0) is 0 Å². The van der Waals surface area contributed by atoms with E-state index in [1.165, 1.54) is 30.7 Å². The summed E-state index contributed by atoms with van der Waals surface area (Å²) >= 11 is 0. The van der Waals surface area contributed by atoms with Crippen LogP contribution in [0.2, 0.25) is 0 Å². The molecule has 2 rings (SSSR count). The second-order valence-corrected chi connectivity index (χ2v) is 4.23. The number of hydrogen-bond acceptors (Lipinski definition) is 5. The third kappa shape index (κ3) is 5.44. The molecule has 0 atom stereocenters. The normalized spacial score (nSPS) is 11.7. The predicted molar refractivity (Wildman–Crippen MR) is 78.0 cm³/mol. The number of nitrogens with two attached hydrogens (primary N) is 1. The van der Waals surface area contributed by atoms with Gasteiger partial charge in [-0.2, -0.15) is 5.10 Å². The molecule has 11 heteroatoms. The Kier molecular flexibility index (Phi) is 5.14. The van der Waals surface area contributed by atoms with Crippen LogP contribution in [0, 0.1) is 0 Å². The Balaban J connectivity index is 1.90. The number of nitrogens with one attached hydrogen (secondary N) is 2. The van der Waals surface area contributed by atoms with E-state index in [1.807, 2.05) is 0 Å². The Morgan fingerprint density at radius 3 is 2.50 bits per heavy atom. The summed E-state index contributed by atoms with van der Waals surface area (Å²) in [7, 11) is 0. The van der Waals surface area contributed by atoms with E-state index < -0.39 is 18.1 Å². The fourth-order valence-corrected chi connectivity index (χ4v) is 1.50. The van der Waals surface area contributed by atoms with Crippen molar-refractivity contribution in [2.75, 3.05) is 5.32 Å². The molecule has 0 saturated carbocycles. The number of amidine groups is 1. The first kappa shape index (κ1) is 17.0. The van der Waals surface area contributed by atoms with E-state index in [-0.39, 0.29) is 17.2 Å². The number of carbonyl (C=O) groups is 1. The topological polar surface area (TPSA) is 115 Å². The van der Waals surface area contributed by atoms with Gasteiger partial charge >= 0.3 is 12.4 Å². The van der Waals surface area contributed by atoms with Crippen molar-refractivity contribution < 1.29 is 22.7 Å². The summed E-state index contributed by atoms with van der Waals surface area (Å²) in [6.07, 6.45) is -0.567. The maximum atomic E-state index is 12.0. The summed E-state index contributed by atoms with van der Waals surface area (Å²) < 4.78 is 39.8. The van der Waals surface area contributed by atoms with Crippen molar-refractivity contribution >= 4 is 17.6 Å². The summed E-state index contributed by atoms with van der Waals surface area (Å²) in [5, 5.41) is 5.97. The molecule has 0 spiro atoms. The molecule has 0 saturated heterocycles. The molecule has 24 heavy (non-hydrogen) atoms. The smallest absolute Gasteiger partial charge is 0.406 e. The number of carbonyl (C=O) groups excluding carboxylic acids is 1. The van der Waals surface area contributed by atoms with Gasteiger partial charge in [0.1, 0.15) is 11.4 Å². The molecular formula is C13H11F3N6O2. The van der Waals surface area contributed by atoms with Crippen molar-refractivity contribution in [1.82, 2.24) is 15.4 Å². The Morgan fingerprint density at radius 2 is 1.92 bits per heavy atom. The van der Waals surface area contributed by atoms with Gasteiger partial charge in [-0.15, -0.1) is 13.2 Å². The molecule has 0 radical (unpaired) electrons. The SMILES string of the molecule is N/C(=N\NC(=O)Nc1ccc(OC(F)(F)F)cc1)c1cnccn1. The minimum absolute atomic E-state index is 0.0628. The Bertz CT molecular complexity index is 719. The molecular weight excluding hydrogens is 329 g/mol. The van der Waals surface area contributed by atoms with Crippen LogP contribution in [0.4, 0.5) is 23.7 Å². The lowest BCUT2D eigenvalue weighted by atomic mass is 10.3. The number of hydrogen-bond donors (Lipinski definition) is 3. The Labute approximate surface area is 133 Å². The lowest BCUT2D eigenvalue weighted by Crippen LogP contribution is -2.28. The van der Waals surface area contributed by atoms with Crippen LogP contribution in [0.3, 0.4) is 0 Å². The molecule has 1 heterocycles. The first-order valence-electron chi connectivity index (χ1n) is 6.36. The zero-order valence-electron chi connectivity index (χ0n) is 11.9. The standard InChI is InChI=1S/C13H11F3N6O2/c14-13(15,16)24-9-3-1-8(2-4-9)20-12(23)22-21-11(17)10-7-18-5-6-19-10/h1-7H,(H2,17,21)(H2,20,22,23). The van der Waals surface area contributed by atoms with E-state index in [0.29, 0.717) is 0 Å². The van der Waals surface area contributed by atoms with Gasteiger partial charge < -0.3 is 15.8 Å². The molecule has 126 valence electrons. The van der Waals surface area contributed by atoms with Crippen LogP contribution in [-0.4, -0.2) is 28.2 Å². The number of ether oxygens (including phenoxy) is 1. The summed E-state index contributed by atoms with van der Waals surface area (Å²) in [5.41, 5.74) is 8.21. The summed E-state index contributed by atoms with van der Waals surface area (Å²) in [6.45, 7) is 0. The van der Waals surface area contributed by atoms with E-state index in [2.05, 4.69) is 30.5 Å². The Hall–Kier alpha value is -3.37. The maximum absolute atomic E-state index is 12.0. The van der Waals surface area contributed by atoms with E-state index in [4.69, 9.17) is 5.73 Å². The summed E-state index contributed by atoms with van der Waals surface area (Å²) in [5.74, 6) is -0.467. The number of urea groups is 1. The van der Waals surface area contributed by atoms with E-state index in [0.717, 1.165) is 12.1 Å². The van der Waals surface area contributed by atoms with Gasteiger partial charge in [0, 0.05) is 18.1 Å². The quantitative estimate of drug-likeness (QED) is 0.446. The van der Waals surface area contributed by atoms with Crippen molar-refractivity contribution in [3.8, 4) is 5.75 Å². The average molecular weight is 340 g/mol. The van der Waals surface area contributed by atoms with Gasteiger partial charge in [0.05, 0.1) is 6.20 Å². The van der Waals surface area contributed by atoms with Gasteiger partial charge in [-0.1, -0.05) is 0 Å². The summed E-state index contributed by atoms with van der Waals surface area (Å²) in [4.78, 5) is 19.3. The third-order valence-corrected chi connectivity index (χ3v) is 2.45. The lowest BCUT2D eigenvalue weighted by Gasteiger charge is -2.09. The number of nitrogens with zero attached hydrogens (tertiary/aromatic N) is 3. The van der Waals surface area contributed by atoms with Gasteiger partial charge in [-0.05, 0) is 24.3 Å². The fourth-order valence-electron chi connectivity index (χ4n) is 1.50. The highest BCUT2D eigenvalue weighted by atomic mass is 19.4. The monoisotopic (exact) mass is 340 g/mol. The number of benzene rings is 1. The van der Waals surface area contributed by atoms with Crippen LogP contribution >= 0.6 is 0 Å². The molecule has 0 aliphatic rings. The minimum atomic E-state index is -4.78. The molecule has 0 aliphatic carbocycles. The molecule has 1 aromatic carbocycles. The highest BCUT2D eigenvalue weighted by molar-refractivity contribution is 5.97. The van der Waals surface area contributed by atoms with E-state index in [9.17, 15) is 18.0 Å². The predicted octanol–water partition coefficient (Wildman–Crippen LogP) is 1.82. The minimum Gasteiger partial charge on any atom is -0.406 e. The molecule has 1 aromatic heterocycles. The Morgan fingerprint density at radius 1 is 1.21 bits per heavy atom. The van der Waals surface area contributed by atoms with Crippen LogP contribution in [0.25, 0.3) is 0 Å². The first-order valence-corrected chi connectivity index (χ1v) is 6.36. The highest BCUT2D eigenvalue weighted by Crippen LogP contribution is 2.23. The number of alkyl halides is 3. The van der Waals surface area contributed by atoms with Crippen LogP contribution in [0.15, 0.2) is 48.0 Å². The molecule has 0 fully saturated rings. The largest absolute Gasteiger partial charge is 0.573 e. The van der Waals surface area contributed by atoms with Crippen molar-refractivity contribution in [2.45, 2.75) is 6.36 Å². The van der Waals surface area contributed by atoms with E-state index >= 15 is 0 Å². The fraction of sp³-hybridized carbons (Fsp3) is 0.0769. The second kappa shape index (κ2) is 7.26. The first-order chi connectivity index (χ1) is 11.3. The molecule has 0 unspecified atom stereocenters. The molecule has 8 nitrogen and oxygen atoms in total. The summed E-state index contributed by atoms with van der Waals surface area (Å²) in [6, 6.07) is 3.83. The van der Waals surface area contributed by atoms with Gasteiger partial charge in [-0.3, -0.25) is 4.98 Å². The number of hydrazone groups is 1. The van der Waals surface area contributed by atoms with Crippen molar-refractivity contribution in [1.29, 1.82) is 0 Å². The number of halogens is 3. The van der Waals surface area contributed by atoms with Crippen LogP contribution in [0.5, 0.6) is 5.75 Å². The lowest BCUT2D eigenvalue weighted by molar-refractivity contribution is -0.274. The zero-order chi connectivity index (χ0) is 17.6. The average Bonchev–Trinajstić information content (AvgIpc) is 2.54. The molecule has 2 amide bonds. The van der Waals surface area contributed by atoms with Crippen LogP contribution in [0.1, 0.15) is 5.69 Å². The van der Waals surface area contributed by atoms with Gasteiger partial charge in [0.2, 0.25) is 0 Å². The zero-order valence-corrected chi connectivity index (χ0v) is 11.9. The number of anilines is 1. The second-order valence-electron chi connectivity index (χ2n) is 4.23. The van der Waals surface area contributed by atoms with Crippen molar-refractivity contribution in [3.63, 3.8) is 0 Å². The van der Waals surface area contributed by atoms with Gasteiger partial charge in [-0.25, -0.2) is 15.2 Å². The van der Waals surface area contributed by atoms with E-state index in [1.54, 1.807) is 0 Å². The van der Waals surface area contributed by atoms with Gasteiger partial charge in [0.15, 0.2) is 5.84 Å². The van der Waals surface area contributed by atoms with Crippen molar-refractivity contribution in [3.05, 3.63) is 48.5 Å². The maximum Gasteiger partial charge on any atom is 0.573 e. The molecule has 0 aliphatic heterocycles. The third-order valence-electron chi connectivity index (χ3n) is 2.45. The van der Waals surface area contributed by atoms with Gasteiger partial charge in [0.25, 0.3) is 0 Å². The molecule has 2 aromatic rings. The molecule has 0 bridgehead atoms. The molecule has 4 N–H and O–H groups in total. The van der Waals surface area contributed by atoms with Crippen molar-refractivity contribution in [2.24, 2.45) is 10.8 Å². The number of aromatic nitrogens is 2. The number of rotatable bonds is 4. The number of amides is 2.